The lowest BCUT2D eigenvalue weighted by atomic mass is 8.99. The van der Waals surface area contributed by atoms with E-state index in [2.05, 4.69) is 17.2 Å². The maximum absolute atomic E-state index is 6.05. The van der Waals surface area contributed by atoms with Crippen LogP contribution in [0.2, 0.25) is 0 Å². The zero-order chi connectivity index (χ0) is 14.4. The largest absolute Gasteiger partial charge is 0.370 e. The van der Waals surface area contributed by atoms with Crippen LogP contribution < -0.4 is 16.8 Å². The molecule has 6 aliphatic rings. The van der Waals surface area contributed by atoms with Gasteiger partial charge < -0.3 is 11.5 Å². The normalized spacial score (nSPS) is 53.7. The lowest BCUT2D eigenvalue weighted by Gasteiger charge is -3.06. The highest BCUT2D eigenvalue weighted by molar-refractivity contribution is 5.97. The molecule has 21 heavy (non-hydrogen) atoms. The Balaban J connectivity index is 1.15. The maximum Gasteiger partial charge on any atom is 0.196 e. The first-order valence-electron chi connectivity index (χ1n) is 8.64. The Morgan fingerprint density at radius 1 is 0.952 bits per heavy atom. The van der Waals surface area contributed by atoms with Crippen LogP contribution in [0.4, 0.5) is 0 Å². The van der Waals surface area contributed by atoms with Crippen LogP contribution in [0.15, 0.2) is 9.98 Å². The molecule has 0 aromatic heterocycles. The molecule has 6 fully saturated rings. The minimum absolute atomic E-state index is 0.257. The van der Waals surface area contributed by atoms with Gasteiger partial charge in [0.15, 0.2) is 11.9 Å². The second kappa shape index (κ2) is 3.73. The van der Waals surface area contributed by atoms with E-state index in [-0.39, 0.29) is 5.54 Å². The Hall–Kier alpha value is -1.26. The molecule has 0 heterocycles. The molecular formula is C16H25N5. The summed E-state index contributed by atoms with van der Waals surface area (Å²) < 4.78 is 0. The molecule has 0 spiro atoms. The van der Waals surface area contributed by atoms with Gasteiger partial charge in [-0.3, -0.25) is 10.3 Å². The van der Waals surface area contributed by atoms with E-state index in [1.807, 2.05) is 0 Å². The van der Waals surface area contributed by atoms with Crippen molar-refractivity contribution in [3.8, 4) is 0 Å². The summed E-state index contributed by atoms with van der Waals surface area (Å²) in [5, 5.41) is 2.98. The summed E-state index contributed by atoms with van der Waals surface area (Å²) in [6.07, 6.45) is 4.82. The molecule has 0 radical (unpaired) electrons. The lowest BCUT2D eigenvalue weighted by molar-refractivity contribution is -0.571. The highest BCUT2D eigenvalue weighted by atomic mass is 15.3. The summed E-state index contributed by atoms with van der Waals surface area (Å²) in [7, 11) is 0. The van der Waals surface area contributed by atoms with Crippen molar-refractivity contribution in [2.45, 2.75) is 38.1 Å². The van der Waals surface area contributed by atoms with Gasteiger partial charge in [0.25, 0.3) is 0 Å². The van der Waals surface area contributed by atoms with Crippen LogP contribution >= 0.6 is 0 Å². The van der Waals surface area contributed by atoms with Gasteiger partial charge in [-0.1, -0.05) is 26.2 Å². The number of nitrogens with zero attached hydrogens (tertiary/aromatic N) is 2. The fourth-order valence-corrected chi connectivity index (χ4v) is 6.74. The number of guanidine groups is 2. The van der Waals surface area contributed by atoms with Gasteiger partial charge in [-0.15, -0.1) is 0 Å². The molecule has 6 aliphatic carbocycles. The van der Waals surface area contributed by atoms with Crippen molar-refractivity contribution in [3.63, 3.8) is 0 Å². The van der Waals surface area contributed by atoms with Crippen LogP contribution in [0.1, 0.15) is 32.6 Å². The molecule has 0 saturated heterocycles. The van der Waals surface area contributed by atoms with E-state index in [0.29, 0.717) is 11.9 Å². The number of rotatable bonds is 6. The standard InChI is InChI=1S/C16H25N5/c1-2-3-4-5-6-19-14(17)20-15(18)21-16-11-8-7-9(11)13(16)10(7)12(8)16/h7-13H,2-6H2,1H3,(H5,17,18,19,20,21). The van der Waals surface area contributed by atoms with E-state index < -0.39 is 0 Å². The molecule has 0 aromatic carbocycles. The highest BCUT2D eigenvalue weighted by Crippen LogP contribution is 3.03. The topological polar surface area (TPSA) is 88.8 Å². The summed E-state index contributed by atoms with van der Waals surface area (Å²) in [5.41, 5.74) is 12.2. The number of aliphatic imine (C=N–C) groups is 2. The van der Waals surface area contributed by atoms with Crippen molar-refractivity contribution < 1.29 is 0 Å². The quantitative estimate of drug-likeness (QED) is 0.385. The van der Waals surface area contributed by atoms with Crippen LogP contribution in [0.25, 0.3) is 0 Å². The van der Waals surface area contributed by atoms with Crippen LogP contribution in [0.3, 0.4) is 0 Å². The summed E-state index contributed by atoms with van der Waals surface area (Å²) in [6.45, 7) is 2.99. The van der Waals surface area contributed by atoms with E-state index in [1.165, 1.54) is 19.3 Å². The second-order valence-electron chi connectivity index (χ2n) is 7.72. The van der Waals surface area contributed by atoms with Gasteiger partial charge in [0, 0.05) is 6.54 Å². The Morgan fingerprint density at radius 2 is 1.62 bits per heavy atom. The molecule has 5 heteroatoms. The molecule has 0 bridgehead atoms. The van der Waals surface area contributed by atoms with Crippen LogP contribution in [0.5, 0.6) is 0 Å². The van der Waals surface area contributed by atoms with Gasteiger partial charge in [0.2, 0.25) is 0 Å². The summed E-state index contributed by atoms with van der Waals surface area (Å²) in [6, 6.07) is 0. The van der Waals surface area contributed by atoms with Crippen molar-refractivity contribution in [3.05, 3.63) is 0 Å². The number of hydrogen-bond donors (Lipinski definition) is 3. The molecule has 0 atom stereocenters. The van der Waals surface area contributed by atoms with Crippen molar-refractivity contribution in [1.82, 2.24) is 5.32 Å². The van der Waals surface area contributed by atoms with E-state index in [9.17, 15) is 0 Å². The van der Waals surface area contributed by atoms with Gasteiger partial charge in [-0.05, 0) is 47.8 Å². The van der Waals surface area contributed by atoms with Crippen LogP contribution in [0, 0.1) is 41.4 Å². The highest BCUT2D eigenvalue weighted by Gasteiger charge is 3.05. The number of unbranched alkanes of at least 4 members (excludes halogenated alkanes) is 3. The Bertz CT molecular complexity index is 500. The Labute approximate surface area is 125 Å². The van der Waals surface area contributed by atoms with Crippen LogP contribution in [-0.4, -0.2) is 24.0 Å². The van der Waals surface area contributed by atoms with Crippen LogP contribution in [-0.2, 0) is 0 Å². The summed E-state index contributed by atoms with van der Waals surface area (Å²) in [5.74, 6) is 7.78. The Kier molecular flexibility index (Phi) is 2.19. The van der Waals surface area contributed by atoms with Gasteiger partial charge in [0.1, 0.15) is 0 Å². The molecule has 0 amide bonds. The lowest BCUT2D eigenvalue weighted by Crippen LogP contribution is -3.08. The predicted octanol–water partition coefficient (Wildman–Crippen LogP) is 0.906. The minimum Gasteiger partial charge on any atom is -0.370 e. The van der Waals surface area contributed by atoms with E-state index in [1.54, 1.807) is 0 Å². The van der Waals surface area contributed by atoms with Gasteiger partial charge in [-0.2, -0.15) is 0 Å². The average Bonchev–Trinajstić information content (AvgIpc) is 2.47. The first-order valence-corrected chi connectivity index (χ1v) is 8.64. The summed E-state index contributed by atoms with van der Waals surface area (Å²) >= 11 is 0. The Morgan fingerprint density at radius 3 is 2.24 bits per heavy atom. The molecule has 5 nitrogen and oxygen atoms in total. The minimum atomic E-state index is 0.257. The molecule has 0 unspecified atom stereocenters. The maximum atomic E-state index is 6.05. The zero-order valence-electron chi connectivity index (χ0n) is 12.6. The third kappa shape index (κ3) is 1.11. The third-order valence-electron chi connectivity index (χ3n) is 7.29. The first-order chi connectivity index (χ1) is 10.2. The SMILES string of the molecule is CCCCCCN=C(N)NC(N)=NC12C3C4C5C3C1C5C42. The monoisotopic (exact) mass is 287 g/mol. The van der Waals surface area contributed by atoms with E-state index in [4.69, 9.17) is 16.5 Å². The van der Waals surface area contributed by atoms with Gasteiger partial charge in [0.05, 0.1) is 5.54 Å². The van der Waals surface area contributed by atoms with Crippen molar-refractivity contribution in [2.75, 3.05) is 6.54 Å². The van der Waals surface area contributed by atoms with E-state index in [0.717, 1.165) is 54.4 Å². The second-order valence-corrected chi connectivity index (χ2v) is 7.72. The molecule has 114 valence electrons. The van der Waals surface area contributed by atoms with E-state index >= 15 is 0 Å². The molecule has 6 rings (SSSR count). The molecule has 5 N–H and O–H groups in total. The molecule has 0 aliphatic heterocycles. The van der Waals surface area contributed by atoms with Crippen molar-refractivity contribution in [2.24, 2.45) is 62.9 Å². The molecule has 6 saturated carbocycles. The number of hydrogen-bond acceptors (Lipinski definition) is 2. The fourth-order valence-electron chi connectivity index (χ4n) is 6.74. The predicted molar refractivity (Wildman–Crippen MR) is 82.6 cm³/mol. The fraction of sp³-hybridized carbons (Fsp3) is 0.875. The number of nitrogens with one attached hydrogen (secondary N) is 1. The summed E-state index contributed by atoms with van der Waals surface area (Å²) in [4.78, 5) is 9.16. The van der Waals surface area contributed by atoms with Crippen molar-refractivity contribution in [1.29, 1.82) is 0 Å². The van der Waals surface area contributed by atoms with Gasteiger partial charge >= 0.3 is 0 Å². The average molecular weight is 287 g/mol. The molecular weight excluding hydrogens is 262 g/mol. The first kappa shape index (κ1) is 12.3. The molecule has 0 aromatic rings. The smallest absolute Gasteiger partial charge is 0.196 e. The zero-order valence-corrected chi connectivity index (χ0v) is 12.6. The number of nitrogens with two attached hydrogens (primary N) is 2. The van der Waals surface area contributed by atoms with Gasteiger partial charge in [-0.25, -0.2) is 4.99 Å². The third-order valence-corrected chi connectivity index (χ3v) is 7.29. The van der Waals surface area contributed by atoms with Crippen molar-refractivity contribution >= 4 is 11.9 Å².